The number of fused-ring (bicyclic) bond motifs is 2. The van der Waals surface area contributed by atoms with E-state index in [0.717, 1.165) is 15.6 Å². The Labute approximate surface area is 235 Å². The number of aromatic nitrogens is 1. The summed E-state index contributed by atoms with van der Waals surface area (Å²) in [5.74, 6) is 1.55. The maximum absolute atomic E-state index is 14.0. The molecule has 3 aromatic carbocycles. The number of hydrogen-bond acceptors (Lipinski definition) is 7. The van der Waals surface area contributed by atoms with Gasteiger partial charge in [0.1, 0.15) is 5.75 Å². The SMILES string of the molecule is COc1cccc([C@H]2C(C(=O)Nc3ccccc3)=C(C)N=c3s/c(=C\c4cc5c(cc4Br)OCO5)c(=O)n32)c1. The highest BCUT2D eigenvalue weighted by atomic mass is 79.9. The van der Waals surface area contributed by atoms with Crippen LogP contribution in [-0.4, -0.2) is 24.4 Å². The van der Waals surface area contributed by atoms with Gasteiger partial charge in [-0.1, -0.05) is 57.6 Å². The van der Waals surface area contributed by atoms with Crippen molar-refractivity contribution in [3.05, 3.63) is 113 Å². The zero-order valence-electron chi connectivity index (χ0n) is 20.9. The molecular formula is C29H22BrN3O5S. The molecule has 0 saturated carbocycles. The molecule has 6 rings (SSSR count). The van der Waals surface area contributed by atoms with Gasteiger partial charge in [-0.25, -0.2) is 4.99 Å². The van der Waals surface area contributed by atoms with Gasteiger partial charge in [0, 0.05) is 10.2 Å². The van der Waals surface area contributed by atoms with Crippen LogP contribution in [0, 0.1) is 0 Å². The maximum atomic E-state index is 14.0. The topological polar surface area (TPSA) is 91.2 Å². The molecule has 10 heteroatoms. The van der Waals surface area contributed by atoms with Crippen molar-refractivity contribution >= 4 is 44.9 Å². The number of rotatable bonds is 5. The molecular weight excluding hydrogens is 582 g/mol. The predicted molar refractivity (Wildman–Crippen MR) is 152 cm³/mol. The lowest BCUT2D eigenvalue weighted by atomic mass is 9.95. The Balaban J connectivity index is 1.52. The normalized spacial score (nSPS) is 16.1. The van der Waals surface area contributed by atoms with Gasteiger partial charge in [-0.15, -0.1) is 0 Å². The molecule has 1 amide bonds. The lowest BCUT2D eigenvalue weighted by molar-refractivity contribution is -0.113. The fourth-order valence-corrected chi connectivity index (χ4v) is 6.12. The summed E-state index contributed by atoms with van der Waals surface area (Å²) in [5, 5.41) is 2.96. The Morgan fingerprint density at radius 3 is 2.67 bits per heavy atom. The van der Waals surface area contributed by atoms with Crippen molar-refractivity contribution < 1.29 is 19.0 Å². The van der Waals surface area contributed by atoms with Crippen LogP contribution in [0.4, 0.5) is 5.69 Å². The van der Waals surface area contributed by atoms with E-state index in [2.05, 4.69) is 21.2 Å². The third-order valence-corrected chi connectivity index (χ3v) is 8.16. The molecule has 39 heavy (non-hydrogen) atoms. The van der Waals surface area contributed by atoms with Crippen LogP contribution in [0.3, 0.4) is 0 Å². The number of carbonyl (C=O) groups excluding carboxylic acids is 1. The third kappa shape index (κ3) is 4.66. The quantitative estimate of drug-likeness (QED) is 0.366. The van der Waals surface area contributed by atoms with Crippen LogP contribution in [0.2, 0.25) is 0 Å². The fraction of sp³-hybridized carbons (Fsp3) is 0.138. The van der Waals surface area contributed by atoms with E-state index in [4.69, 9.17) is 19.2 Å². The second-order valence-electron chi connectivity index (χ2n) is 8.91. The highest BCUT2D eigenvalue weighted by Gasteiger charge is 2.33. The molecule has 8 nitrogen and oxygen atoms in total. The predicted octanol–water partition coefficient (Wildman–Crippen LogP) is 4.37. The van der Waals surface area contributed by atoms with Crippen molar-refractivity contribution in [1.29, 1.82) is 0 Å². The monoisotopic (exact) mass is 603 g/mol. The molecule has 4 aromatic rings. The summed E-state index contributed by atoms with van der Waals surface area (Å²) in [6.45, 7) is 1.94. The number of methoxy groups -OCH3 is 1. The molecule has 2 aliphatic heterocycles. The molecule has 0 unspecified atom stereocenters. The molecule has 196 valence electrons. The van der Waals surface area contributed by atoms with Gasteiger partial charge in [0.2, 0.25) is 6.79 Å². The van der Waals surface area contributed by atoms with Crippen LogP contribution in [0.25, 0.3) is 6.08 Å². The molecule has 0 bridgehead atoms. The standard InChI is InChI=1S/C29H22BrN3O5S/c1-16-25(27(34)32-19-8-4-3-5-9-19)26(17-7-6-10-20(11-17)36-2)33-28(35)24(39-29(33)31-16)13-18-12-22-23(14-21(18)30)38-15-37-22/h3-14,26H,15H2,1-2H3,(H,32,34)/b24-13-/t26-/m0/s1. The fourth-order valence-electron chi connectivity index (χ4n) is 4.64. The van der Waals surface area contributed by atoms with Crippen molar-refractivity contribution in [2.75, 3.05) is 19.2 Å². The van der Waals surface area contributed by atoms with Crippen LogP contribution >= 0.6 is 27.3 Å². The Bertz CT molecular complexity index is 1830. The van der Waals surface area contributed by atoms with Gasteiger partial charge >= 0.3 is 0 Å². The van der Waals surface area contributed by atoms with E-state index in [1.54, 1.807) is 24.7 Å². The third-order valence-electron chi connectivity index (χ3n) is 6.49. The van der Waals surface area contributed by atoms with Gasteiger partial charge in [-0.3, -0.25) is 14.2 Å². The largest absolute Gasteiger partial charge is 0.497 e. The van der Waals surface area contributed by atoms with E-state index in [1.165, 1.54) is 11.3 Å². The van der Waals surface area contributed by atoms with Crippen molar-refractivity contribution in [3.63, 3.8) is 0 Å². The highest BCUT2D eigenvalue weighted by molar-refractivity contribution is 9.10. The Morgan fingerprint density at radius 2 is 1.90 bits per heavy atom. The number of nitrogens with one attached hydrogen (secondary N) is 1. The number of nitrogens with zero attached hydrogens (tertiary/aromatic N) is 2. The number of thiazole rings is 1. The Kier molecular flexibility index (Phi) is 6.58. The maximum Gasteiger partial charge on any atom is 0.271 e. The molecule has 1 N–H and O–H groups in total. The summed E-state index contributed by atoms with van der Waals surface area (Å²) in [5.41, 5.74) is 2.81. The lowest BCUT2D eigenvalue weighted by Gasteiger charge is -2.25. The second-order valence-corrected chi connectivity index (χ2v) is 10.8. The van der Waals surface area contributed by atoms with Crippen molar-refractivity contribution in [2.24, 2.45) is 4.99 Å². The average Bonchev–Trinajstić information content (AvgIpc) is 3.51. The van der Waals surface area contributed by atoms with Crippen molar-refractivity contribution in [2.45, 2.75) is 13.0 Å². The molecule has 0 aliphatic carbocycles. The molecule has 1 atom stereocenters. The molecule has 0 spiro atoms. The van der Waals surface area contributed by atoms with Crippen LogP contribution in [0.15, 0.2) is 92.3 Å². The highest BCUT2D eigenvalue weighted by Crippen LogP contribution is 2.37. The van der Waals surface area contributed by atoms with Gasteiger partial charge in [-0.2, -0.15) is 0 Å². The smallest absolute Gasteiger partial charge is 0.271 e. The van der Waals surface area contributed by atoms with Gasteiger partial charge in [0.25, 0.3) is 11.5 Å². The number of hydrogen-bond donors (Lipinski definition) is 1. The molecule has 1 aromatic heterocycles. The number of amides is 1. The lowest BCUT2D eigenvalue weighted by Crippen LogP contribution is -2.40. The summed E-state index contributed by atoms with van der Waals surface area (Å²) in [7, 11) is 1.58. The molecule has 0 fully saturated rings. The van der Waals surface area contributed by atoms with E-state index in [1.807, 2.05) is 66.7 Å². The minimum atomic E-state index is -0.706. The zero-order chi connectivity index (χ0) is 27.1. The molecule has 3 heterocycles. The molecule has 2 aliphatic rings. The van der Waals surface area contributed by atoms with Crippen molar-refractivity contribution in [3.8, 4) is 17.2 Å². The first kappa shape index (κ1) is 25.1. The number of allylic oxidation sites excluding steroid dienone is 1. The molecule has 0 radical (unpaired) electrons. The van der Waals surface area contributed by atoms with E-state index >= 15 is 0 Å². The summed E-state index contributed by atoms with van der Waals surface area (Å²) in [4.78, 5) is 32.8. The first-order valence-corrected chi connectivity index (χ1v) is 13.7. The summed E-state index contributed by atoms with van der Waals surface area (Å²) >= 11 is 4.84. The van der Waals surface area contributed by atoms with Gasteiger partial charge < -0.3 is 19.5 Å². The van der Waals surface area contributed by atoms with Gasteiger partial charge in [0.15, 0.2) is 16.3 Å². The van der Waals surface area contributed by atoms with Crippen LogP contribution in [0.1, 0.15) is 24.1 Å². The molecule has 0 saturated heterocycles. The summed E-state index contributed by atoms with van der Waals surface area (Å²) in [6, 6.07) is 19.5. The average molecular weight is 604 g/mol. The number of para-hydroxylation sites is 1. The van der Waals surface area contributed by atoms with E-state index in [-0.39, 0.29) is 18.3 Å². The van der Waals surface area contributed by atoms with E-state index in [0.29, 0.717) is 43.5 Å². The van der Waals surface area contributed by atoms with E-state index < -0.39 is 6.04 Å². The van der Waals surface area contributed by atoms with Crippen LogP contribution in [0.5, 0.6) is 17.2 Å². The summed E-state index contributed by atoms with van der Waals surface area (Å²) in [6.07, 6.45) is 1.79. The number of halogens is 1. The number of ether oxygens (including phenoxy) is 3. The van der Waals surface area contributed by atoms with E-state index in [9.17, 15) is 9.59 Å². The number of carbonyl (C=O) groups is 1. The minimum absolute atomic E-state index is 0.154. The first-order valence-electron chi connectivity index (χ1n) is 12.0. The van der Waals surface area contributed by atoms with Crippen LogP contribution in [-0.2, 0) is 4.79 Å². The van der Waals surface area contributed by atoms with Gasteiger partial charge in [0.05, 0.1) is 29.0 Å². The first-order chi connectivity index (χ1) is 18.9. The Hall–Kier alpha value is -4.15. The number of anilines is 1. The Morgan fingerprint density at radius 1 is 1.13 bits per heavy atom. The van der Waals surface area contributed by atoms with Gasteiger partial charge in [-0.05, 0) is 60.5 Å². The summed E-state index contributed by atoms with van der Waals surface area (Å²) < 4.78 is 19.2. The number of benzene rings is 3. The second kappa shape index (κ2) is 10.2. The van der Waals surface area contributed by atoms with Crippen molar-refractivity contribution in [1.82, 2.24) is 4.57 Å². The minimum Gasteiger partial charge on any atom is -0.497 e. The zero-order valence-corrected chi connectivity index (χ0v) is 23.3. The van der Waals surface area contributed by atoms with Crippen LogP contribution < -0.4 is 34.4 Å².